The highest BCUT2D eigenvalue weighted by molar-refractivity contribution is 7.13. The molecule has 2 aromatic carbocycles. The monoisotopic (exact) mass is 435 g/mol. The first-order valence-electron chi connectivity index (χ1n) is 9.78. The van der Waals surface area contributed by atoms with Gasteiger partial charge in [-0.1, -0.05) is 42.5 Å². The summed E-state index contributed by atoms with van der Waals surface area (Å²) in [5.74, 6) is -0.436. The first-order valence-corrected chi connectivity index (χ1v) is 10.7. The summed E-state index contributed by atoms with van der Waals surface area (Å²) in [6, 6.07) is 18.6. The van der Waals surface area contributed by atoms with Crippen molar-refractivity contribution in [3.05, 3.63) is 94.7 Å². The van der Waals surface area contributed by atoms with E-state index in [1.54, 1.807) is 35.0 Å². The minimum atomic E-state index is -0.448. The fourth-order valence-corrected chi connectivity index (χ4v) is 4.11. The highest BCUT2D eigenvalue weighted by Crippen LogP contribution is 2.28. The summed E-state index contributed by atoms with van der Waals surface area (Å²) in [6.45, 7) is 0.841. The summed E-state index contributed by atoms with van der Waals surface area (Å²) >= 11 is 1.54. The molecule has 0 aliphatic rings. The second-order valence-corrected chi connectivity index (χ2v) is 8.13. The zero-order valence-corrected chi connectivity index (χ0v) is 18.1. The van der Waals surface area contributed by atoms with Crippen molar-refractivity contribution in [3.8, 4) is 16.3 Å². The van der Waals surface area contributed by atoms with Gasteiger partial charge in [0.15, 0.2) is 11.6 Å². The molecule has 4 rings (SSSR count). The first-order chi connectivity index (χ1) is 15.0. The third-order valence-corrected chi connectivity index (χ3v) is 5.79. The topological polar surface area (TPSA) is 47.4 Å². The minimum Gasteiger partial charge on any atom is -0.494 e. The molecule has 2 aromatic heterocycles. The second-order valence-electron chi connectivity index (χ2n) is 7.18. The quantitative estimate of drug-likeness (QED) is 0.407. The number of halogens is 1. The van der Waals surface area contributed by atoms with Crippen LogP contribution in [0.4, 0.5) is 4.39 Å². The van der Waals surface area contributed by atoms with E-state index in [4.69, 9.17) is 9.84 Å². The van der Waals surface area contributed by atoms with Crippen molar-refractivity contribution >= 4 is 17.2 Å². The maximum Gasteiger partial charge on any atom is 0.257 e. The lowest BCUT2D eigenvalue weighted by atomic mass is 10.1. The van der Waals surface area contributed by atoms with Crippen molar-refractivity contribution in [2.75, 3.05) is 14.2 Å². The summed E-state index contributed by atoms with van der Waals surface area (Å²) in [6.07, 6.45) is 1.79. The lowest BCUT2D eigenvalue weighted by molar-refractivity contribution is 0.0785. The fourth-order valence-electron chi connectivity index (χ4n) is 3.38. The number of amides is 1. The maximum absolute atomic E-state index is 14.0. The predicted molar refractivity (Wildman–Crippen MR) is 120 cm³/mol. The third-order valence-electron chi connectivity index (χ3n) is 4.92. The number of nitrogens with zero attached hydrogens (tertiary/aromatic N) is 3. The van der Waals surface area contributed by atoms with Crippen molar-refractivity contribution in [2.24, 2.45) is 0 Å². The number of ether oxygens (including phenoxy) is 1. The van der Waals surface area contributed by atoms with Gasteiger partial charge in [-0.2, -0.15) is 5.10 Å². The molecule has 0 unspecified atom stereocenters. The van der Waals surface area contributed by atoms with E-state index in [1.807, 2.05) is 47.8 Å². The molecule has 0 atom stereocenters. The van der Waals surface area contributed by atoms with Crippen molar-refractivity contribution in [2.45, 2.75) is 13.1 Å². The van der Waals surface area contributed by atoms with E-state index in [9.17, 15) is 9.18 Å². The molecule has 0 N–H and O–H groups in total. The number of aromatic nitrogens is 2. The molecule has 5 nitrogen and oxygen atoms in total. The summed E-state index contributed by atoms with van der Waals surface area (Å²) in [4.78, 5) is 15.8. The van der Waals surface area contributed by atoms with Crippen LogP contribution >= 0.6 is 11.3 Å². The summed E-state index contributed by atoms with van der Waals surface area (Å²) in [7, 11) is 3.13. The Bertz CT molecular complexity index is 1170. The smallest absolute Gasteiger partial charge is 0.257 e. The molecule has 31 heavy (non-hydrogen) atoms. The van der Waals surface area contributed by atoms with E-state index in [0.29, 0.717) is 23.4 Å². The van der Waals surface area contributed by atoms with Crippen LogP contribution in [0, 0.1) is 5.82 Å². The number of carbonyl (C=O) groups is 1. The molecule has 2 heterocycles. The fraction of sp³-hybridized carbons (Fsp3) is 0.167. The van der Waals surface area contributed by atoms with Crippen LogP contribution in [-0.2, 0) is 13.1 Å². The normalized spacial score (nSPS) is 10.8. The van der Waals surface area contributed by atoms with Crippen LogP contribution in [0.5, 0.6) is 5.75 Å². The molecule has 0 fully saturated rings. The van der Waals surface area contributed by atoms with E-state index in [0.717, 1.165) is 10.4 Å². The van der Waals surface area contributed by atoms with Crippen LogP contribution in [0.15, 0.2) is 72.2 Å². The van der Waals surface area contributed by atoms with Gasteiger partial charge in [-0.05, 0) is 34.7 Å². The van der Waals surface area contributed by atoms with Gasteiger partial charge in [0.1, 0.15) is 5.69 Å². The number of methoxy groups -OCH3 is 1. The molecule has 0 bridgehead atoms. The zero-order valence-electron chi connectivity index (χ0n) is 17.3. The lowest BCUT2D eigenvalue weighted by Crippen LogP contribution is -2.26. The average Bonchev–Trinajstić information content (AvgIpc) is 3.44. The van der Waals surface area contributed by atoms with Crippen molar-refractivity contribution < 1.29 is 13.9 Å². The molecular formula is C24H22FN3O2S. The number of rotatable bonds is 7. The summed E-state index contributed by atoms with van der Waals surface area (Å²) in [5.41, 5.74) is 2.96. The van der Waals surface area contributed by atoms with E-state index in [2.05, 4.69) is 0 Å². The van der Waals surface area contributed by atoms with Gasteiger partial charge in [0.05, 0.1) is 24.1 Å². The van der Waals surface area contributed by atoms with Gasteiger partial charge >= 0.3 is 0 Å². The van der Waals surface area contributed by atoms with Gasteiger partial charge < -0.3 is 9.64 Å². The Morgan fingerprint density at radius 1 is 1.13 bits per heavy atom. The van der Waals surface area contributed by atoms with Crippen LogP contribution in [0.1, 0.15) is 21.5 Å². The van der Waals surface area contributed by atoms with Crippen LogP contribution in [0.2, 0.25) is 0 Å². The largest absolute Gasteiger partial charge is 0.494 e. The van der Waals surface area contributed by atoms with Crippen molar-refractivity contribution in [1.82, 2.24) is 14.7 Å². The molecule has 0 spiro atoms. The first kappa shape index (κ1) is 20.8. The Balaban J connectivity index is 1.60. The molecule has 0 aliphatic heterocycles. The van der Waals surface area contributed by atoms with E-state index in [-0.39, 0.29) is 18.2 Å². The van der Waals surface area contributed by atoms with Gasteiger partial charge in [0.25, 0.3) is 5.91 Å². The Labute approximate surface area is 184 Å². The minimum absolute atomic E-state index is 0.168. The SMILES string of the molecule is COc1ccc(CN(C)C(=O)c2cn(Cc3ccccc3)nc2-c2cccs2)cc1F. The van der Waals surface area contributed by atoms with Gasteiger partial charge in [0, 0.05) is 19.8 Å². The highest BCUT2D eigenvalue weighted by Gasteiger charge is 2.22. The van der Waals surface area contributed by atoms with E-state index in [1.165, 1.54) is 24.5 Å². The number of hydrogen-bond acceptors (Lipinski definition) is 4. The van der Waals surface area contributed by atoms with Crippen LogP contribution in [0.3, 0.4) is 0 Å². The summed E-state index contributed by atoms with van der Waals surface area (Å²) in [5, 5.41) is 6.66. The molecule has 158 valence electrons. The molecule has 0 saturated heterocycles. The Kier molecular flexibility index (Phi) is 6.13. The number of benzene rings is 2. The average molecular weight is 436 g/mol. The Morgan fingerprint density at radius 2 is 1.94 bits per heavy atom. The molecule has 1 amide bonds. The molecule has 7 heteroatoms. The van der Waals surface area contributed by atoms with E-state index >= 15 is 0 Å². The molecule has 0 radical (unpaired) electrons. The van der Waals surface area contributed by atoms with Gasteiger partial charge in [0.2, 0.25) is 0 Å². The number of carbonyl (C=O) groups excluding carboxylic acids is 1. The van der Waals surface area contributed by atoms with Gasteiger partial charge in [-0.15, -0.1) is 11.3 Å². The third kappa shape index (κ3) is 4.67. The Morgan fingerprint density at radius 3 is 2.61 bits per heavy atom. The Hall–Kier alpha value is -3.45. The van der Waals surface area contributed by atoms with Crippen LogP contribution in [-0.4, -0.2) is 34.7 Å². The molecule has 4 aromatic rings. The van der Waals surface area contributed by atoms with E-state index < -0.39 is 5.82 Å². The molecule has 0 aliphatic carbocycles. The predicted octanol–water partition coefficient (Wildman–Crippen LogP) is 5.08. The number of thiophene rings is 1. The van der Waals surface area contributed by atoms with Gasteiger partial charge in [-0.3, -0.25) is 9.48 Å². The summed E-state index contributed by atoms with van der Waals surface area (Å²) < 4.78 is 20.8. The van der Waals surface area contributed by atoms with Crippen LogP contribution in [0.25, 0.3) is 10.6 Å². The van der Waals surface area contributed by atoms with Crippen molar-refractivity contribution in [3.63, 3.8) is 0 Å². The molecular weight excluding hydrogens is 413 g/mol. The molecule has 0 saturated carbocycles. The van der Waals surface area contributed by atoms with Gasteiger partial charge in [-0.25, -0.2) is 4.39 Å². The zero-order chi connectivity index (χ0) is 21.8. The maximum atomic E-state index is 14.0. The number of hydrogen-bond donors (Lipinski definition) is 0. The lowest BCUT2D eigenvalue weighted by Gasteiger charge is -2.17. The van der Waals surface area contributed by atoms with Crippen LogP contribution < -0.4 is 4.74 Å². The second kappa shape index (κ2) is 9.14. The highest BCUT2D eigenvalue weighted by atomic mass is 32.1. The standard InChI is InChI=1S/C24H22FN3O2S/c1-27(14-18-10-11-21(30-2)20(25)13-18)24(29)19-16-28(15-17-7-4-3-5-8-17)26-23(19)22-9-6-12-31-22/h3-13,16H,14-15H2,1-2H3. The van der Waals surface area contributed by atoms with Crippen molar-refractivity contribution in [1.29, 1.82) is 0 Å².